The van der Waals surface area contributed by atoms with Gasteiger partial charge in [0.25, 0.3) is 10.0 Å². The van der Waals surface area contributed by atoms with E-state index < -0.39 is 16.1 Å². The van der Waals surface area contributed by atoms with Gasteiger partial charge in [0.2, 0.25) is 0 Å². The Morgan fingerprint density at radius 1 is 1.04 bits per heavy atom. The van der Waals surface area contributed by atoms with Gasteiger partial charge in [-0.15, -0.1) is 0 Å². The lowest BCUT2D eigenvalue weighted by Gasteiger charge is -2.10. The fourth-order valence-electron chi connectivity index (χ4n) is 2.55. The molecule has 0 aliphatic rings. The second-order valence-electron chi connectivity index (χ2n) is 6.10. The van der Waals surface area contributed by atoms with Crippen molar-refractivity contribution in [3.8, 4) is 0 Å². The molecule has 0 saturated carbocycles. The molecule has 3 N–H and O–H groups in total. The number of para-hydroxylation sites is 1. The number of nitrogens with zero attached hydrogens (tertiary/aromatic N) is 2. The first kappa shape index (κ1) is 19.6. The van der Waals surface area contributed by atoms with Gasteiger partial charge in [-0.3, -0.25) is 0 Å². The van der Waals surface area contributed by atoms with E-state index in [0.29, 0.717) is 18.1 Å². The van der Waals surface area contributed by atoms with Crippen LogP contribution >= 0.6 is 0 Å². The van der Waals surface area contributed by atoms with Crippen molar-refractivity contribution in [1.82, 2.24) is 20.0 Å². The molecule has 0 saturated heterocycles. The van der Waals surface area contributed by atoms with Crippen LogP contribution in [0.1, 0.15) is 19.8 Å². The second-order valence-corrected chi connectivity index (χ2v) is 7.79. The summed E-state index contributed by atoms with van der Waals surface area (Å²) in [5.41, 5.74) is 1.47. The van der Waals surface area contributed by atoms with Crippen molar-refractivity contribution in [3.05, 3.63) is 54.9 Å². The Balaban J connectivity index is 1.71. The van der Waals surface area contributed by atoms with Crippen LogP contribution in [-0.4, -0.2) is 31.0 Å². The molecule has 3 aromatic rings. The average molecular weight is 399 g/mol. The van der Waals surface area contributed by atoms with Gasteiger partial charge in [-0.25, -0.2) is 27.9 Å². The zero-order valence-electron chi connectivity index (χ0n) is 15.3. The number of amides is 2. The van der Waals surface area contributed by atoms with E-state index in [1.54, 1.807) is 12.1 Å². The van der Waals surface area contributed by atoms with E-state index in [-0.39, 0.29) is 4.90 Å². The Labute approximate surface area is 163 Å². The summed E-state index contributed by atoms with van der Waals surface area (Å²) in [7, 11) is -3.94. The minimum atomic E-state index is -3.94. The monoisotopic (exact) mass is 399 g/mol. The summed E-state index contributed by atoms with van der Waals surface area (Å²) in [5, 5.41) is 6.52. The minimum Gasteiger partial charge on any atom is -0.340 e. The van der Waals surface area contributed by atoms with Crippen molar-refractivity contribution in [2.45, 2.75) is 24.7 Å². The number of urea groups is 1. The maximum absolute atomic E-state index is 12.3. The highest BCUT2D eigenvalue weighted by atomic mass is 32.2. The number of carbonyl (C=O) groups is 1. The van der Waals surface area contributed by atoms with Crippen molar-refractivity contribution < 1.29 is 13.2 Å². The molecule has 0 fully saturated rings. The Hall–Kier alpha value is -3.20. The molecule has 0 aliphatic heterocycles. The lowest BCUT2D eigenvalue weighted by atomic mass is 10.2. The molecule has 9 heteroatoms. The Bertz CT molecular complexity index is 1060. The highest BCUT2D eigenvalue weighted by molar-refractivity contribution is 7.90. The van der Waals surface area contributed by atoms with Gasteiger partial charge in [0.15, 0.2) is 0 Å². The van der Waals surface area contributed by atoms with Crippen LogP contribution in [0.2, 0.25) is 0 Å². The summed E-state index contributed by atoms with van der Waals surface area (Å²) >= 11 is 0. The fourth-order valence-corrected chi connectivity index (χ4v) is 3.48. The van der Waals surface area contributed by atoms with Crippen molar-refractivity contribution in [1.29, 1.82) is 0 Å². The summed E-state index contributed by atoms with van der Waals surface area (Å²) in [6.45, 7) is 2.41. The molecule has 0 aliphatic carbocycles. The number of unbranched alkanes of at least 4 members (excludes halogenated alkanes) is 1. The third-order valence-corrected chi connectivity index (χ3v) is 5.36. The van der Waals surface area contributed by atoms with Crippen LogP contribution in [0.15, 0.2) is 59.8 Å². The molecule has 28 heavy (non-hydrogen) atoms. The van der Waals surface area contributed by atoms with Gasteiger partial charge < -0.3 is 10.6 Å². The highest BCUT2D eigenvalue weighted by Gasteiger charge is 2.17. The van der Waals surface area contributed by atoms with Crippen molar-refractivity contribution in [3.63, 3.8) is 0 Å². The summed E-state index contributed by atoms with van der Waals surface area (Å²) in [5.74, 6) is 0.620. The number of hydrogen-bond donors (Lipinski definition) is 3. The van der Waals surface area contributed by atoms with Gasteiger partial charge in [0, 0.05) is 17.6 Å². The Morgan fingerprint density at radius 2 is 1.79 bits per heavy atom. The van der Waals surface area contributed by atoms with Crippen LogP contribution in [0.25, 0.3) is 10.9 Å². The largest absolute Gasteiger partial charge is 0.340 e. The molecule has 1 heterocycles. The number of carbonyl (C=O) groups excluding carboxylic acids is 1. The van der Waals surface area contributed by atoms with E-state index in [4.69, 9.17) is 0 Å². The Morgan fingerprint density at radius 3 is 2.54 bits per heavy atom. The molecular weight excluding hydrogens is 378 g/mol. The average Bonchev–Trinajstić information content (AvgIpc) is 2.68. The number of benzene rings is 2. The van der Waals surface area contributed by atoms with E-state index in [2.05, 4.69) is 20.6 Å². The van der Waals surface area contributed by atoms with E-state index in [1.165, 1.54) is 18.5 Å². The number of hydrogen-bond acceptors (Lipinski definition) is 6. The predicted molar refractivity (Wildman–Crippen MR) is 108 cm³/mol. The molecule has 8 nitrogen and oxygen atoms in total. The number of rotatable bonds is 7. The maximum Gasteiger partial charge on any atom is 0.328 e. The van der Waals surface area contributed by atoms with Crippen molar-refractivity contribution in [2.24, 2.45) is 0 Å². The Kier molecular flexibility index (Phi) is 6.05. The third-order valence-electron chi connectivity index (χ3n) is 4.01. The van der Waals surface area contributed by atoms with Gasteiger partial charge >= 0.3 is 6.03 Å². The third kappa shape index (κ3) is 4.74. The topological polar surface area (TPSA) is 113 Å². The first-order valence-corrected chi connectivity index (χ1v) is 10.4. The molecule has 0 spiro atoms. The molecule has 1 aromatic heterocycles. The van der Waals surface area contributed by atoms with Gasteiger partial charge in [-0.2, -0.15) is 0 Å². The van der Waals surface area contributed by atoms with Crippen molar-refractivity contribution in [2.75, 3.05) is 11.9 Å². The summed E-state index contributed by atoms with van der Waals surface area (Å²) < 4.78 is 26.6. The molecular formula is C19H21N5O3S. The standard InChI is InChI=1S/C19H21N5O3S/c1-2-3-12-20-19(25)24-28(26,27)15-10-8-14(9-11-15)23-18-16-6-4-5-7-17(16)21-13-22-18/h4-11,13H,2-3,12H2,1H3,(H2,20,24,25)(H,21,22,23). The molecule has 3 rings (SSSR count). The lowest BCUT2D eigenvalue weighted by molar-refractivity contribution is 0.245. The van der Waals surface area contributed by atoms with E-state index in [1.807, 2.05) is 35.9 Å². The first-order valence-electron chi connectivity index (χ1n) is 8.87. The first-order chi connectivity index (χ1) is 13.5. The minimum absolute atomic E-state index is 0.00348. The fraction of sp³-hybridized carbons (Fsp3) is 0.211. The second kappa shape index (κ2) is 8.66. The number of nitrogens with one attached hydrogen (secondary N) is 3. The lowest BCUT2D eigenvalue weighted by Crippen LogP contribution is -2.39. The molecule has 2 amide bonds. The van der Waals surface area contributed by atoms with Gasteiger partial charge in [-0.05, 0) is 42.8 Å². The van der Waals surface area contributed by atoms with Gasteiger partial charge in [0.05, 0.1) is 10.4 Å². The molecule has 0 unspecified atom stereocenters. The summed E-state index contributed by atoms with van der Waals surface area (Å²) in [4.78, 5) is 20.2. The van der Waals surface area contributed by atoms with Crippen LogP contribution in [0.3, 0.4) is 0 Å². The SMILES string of the molecule is CCCCNC(=O)NS(=O)(=O)c1ccc(Nc2ncnc3ccccc23)cc1. The van der Waals surface area contributed by atoms with Gasteiger partial charge in [0.1, 0.15) is 12.1 Å². The molecule has 0 bridgehead atoms. The smallest absolute Gasteiger partial charge is 0.328 e. The zero-order valence-corrected chi connectivity index (χ0v) is 16.2. The zero-order chi connectivity index (χ0) is 20.0. The molecule has 2 aromatic carbocycles. The van der Waals surface area contributed by atoms with Gasteiger partial charge in [-0.1, -0.05) is 25.5 Å². The van der Waals surface area contributed by atoms with Crippen molar-refractivity contribution >= 4 is 38.5 Å². The number of aromatic nitrogens is 2. The molecule has 146 valence electrons. The highest BCUT2D eigenvalue weighted by Crippen LogP contribution is 2.23. The molecule has 0 radical (unpaired) electrons. The predicted octanol–water partition coefficient (Wildman–Crippen LogP) is 3.16. The van der Waals surface area contributed by atoms with Crippen LogP contribution in [0, 0.1) is 0 Å². The van der Waals surface area contributed by atoms with Crippen LogP contribution in [0.4, 0.5) is 16.3 Å². The van der Waals surface area contributed by atoms with Crippen LogP contribution in [-0.2, 0) is 10.0 Å². The normalized spacial score (nSPS) is 11.2. The van der Waals surface area contributed by atoms with E-state index >= 15 is 0 Å². The summed E-state index contributed by atoms with van der Waals surface area (Å²) in [6.07, 6.45) is 3.15. The van der Waals surface area contributed by atoms with E-state index in [9.17, 15) is 13.2 Å². The summed E-state index contributed by atoms with van der Waals surface area (Å²) in [6, 6.07) is 12.9. The van der Waals surface area contributed by atoms with Crippen LogP contribution in [0.5, 0.6) is 0 Å². The van der Waals surface area contributed by atoms with E-state index in [0.717, 1.165) is 23.7 Å². The number of fused-ring (bicyclic) bond motifs is 1. The molecule has 0 atom stereocenters. The van der Waals surface area contributed by atoms with Crippen LogP contribution < -0.4 is 15.4 Å². The quantitative estimate of drug-likeness (QED) is 0.526. The number of anilines is 2. The maximum atomic E-state index is 12.3. The number of sulfonamides is 1.